The van der Waals surface area contributed by atoms with E-state index in [1.165, 1.54) is 24.5 Å². The van der Waals surface area contributed by atoms with E-state index in [1.807, 2.05) is 0 Å². The minimum atomic E-state index is -0.464. The fourth-order valence-corrected chi connectivity index (χ4v) is 1.68. The van der Waals surface area contributed by atoms with E-state index in [9.17, 15) is 19.8 Å². The van der Waals surface area contributed by atoms with Crippen LogP contribution in [0.25, 0.3) is 0 Å². The monoisotopic (exact) mass is 290 g/mol. The quantitative estimate of drug-likeness (QED) is 0.610. The maximum absolute atomic E-state index is 11.8. The Labute approximate surface area is 120 Å². The highest BCUT2D eigenvalue weighted by Gasteiger charge is 2.09. The molecule has 2 amide bonds. The van der Waals surface area contributed by atoms with Crippen molar-refractivity contribution < 1.29 is 24.2 Å². The van der Waals surface area contributed by atoms with Crippen molar-refractivity contribution in [3.8, 4) is 11.5 Å². The summed E-state index contributed by atoms with van der Waals surface area (Å²) in [7, 11) is 0. The van der Waals surface area contributed by atoms with Gasteiger partial charge in [0, 0.05) is 24.7 Å². The van der Waals surface area contributed by atoms with Crippen LogP contribution in [-0.2, 0) is 0 Å². The van der Waals surface area contributed by atoms with Crippen LogP contribution in [0.2, 0.25) is 0 Å². The summed E-state index contributed by atoms with van der Waals surface area (Å²) in [5, 5.41) is 23.7. The topological polar surface area (TPSA) is 112 Å². The number of aromatic hydroxyl groups is 2. The van der Waals surface area contributed by atoms with E-state index in [0.717, 1.165) is 6.07 Å². The number of phenols is 2. The lowest BCUT2D eigenvalue weighted by molar-refractivity contribution is 0.0910. The molecule has 1 aromatic heterocycles. The smallest absolute Gasteiger partial charge is 0.287 e. The Hall–Kier alpha value is -2.96. The molecular weight excluding hydrogens is 276 g/mol. The summed E-state index contributed by atoms with van der Waals surface area (Å²) in [6.45, 7) is 0.414. The number of phenolic OH excluding ortho intramolecular Hbond substituents is 2. The fourth-order valence-electron chi connectivity index (χ4n) is 1.68. The molecule has 21 heavy (non-hydrogen) atoms. The molecule has 0 spiro atoms. The van der Waals surface area contributed by atoms with E-state index in [1.54, 1.807) is 6.07 Å². The third kappa shape index (κ3) is 4.00. The predicted molar refractivity (Wildman–Crippen MR) is 73.1 cm³/mol. The molecule has 1 aromatic carbocycles. The van der Waals surface area contributed by atoms with Crippen molar-refractivity contribution in [1.82, 2.24) is 10.6 Å². The number of benzene rings is 1. The lowest BCUT2D eigenvalue weighted by Crippen LogP contribution is -2.34. The minimum Gasteiger partial charge on any atom is -0.508 e. The summed E-state index contributed by atoms with van der Waals surface area (Å²) in [5.74, 6) is -1.05. The van der Waals surface area contributed by atoms with Crippen molar-refractivity contribution in [2.75, 3.05) is 13.1 Å². The Bertz CT molecular complexity index is 617. The summed E-state index contributed by atoms with van der Waals surface area (Å²) in [6, 6.07) is 6.72. The highest BCUT2D eigenvalue weighted by atomic mass is 16.3. The standard InChI is InChI=1S/C14H14N2O5/c17-10-6-9(7-11(18)8-10)13(19)15-3-4-16-14(20)12-2-1-5-21-12/h1-2,5-8,17-18H,3-4H2,(H,15,19)(H,16,20). The van der Waals surface area contributed by atoms with E-state index in [-0.39, 0.29) is 41.8 Å². The fraction of sp³-hybridized carbons (Fsp3) is 0.143. The number of hydrogen-bond acceptors (Lipinski definition) is 5. The van der Waals surface area contributed by atoms with Crippen LogP contribution < -0.4 is 10.6 Å². The molecule has 7 nitrogen and oxygen atoms in total. The van der Waals surface area contributed by atoms with Crippen molar-refractivity contribution in [2.24, 2.45) is 0 Å². The zero-order chi connectivity index (χ0) is 15.2. The molecule has 0 radical (unpaired) electrons. The number of carbonyl (C=O) groups excluding carboxylic acids is 2. The largest absolute Gasteiger partial charge is 0.508 e. The normalized spacial score (nSPS) is 10.1. The molecule has 0 saturated carbocycles. The third-order valence-corrected chi connectivity index (χ3v) is 2.61. The summed E-state index contributed by atoms with van der Waals surface area (Å²) in [4.78, 5) is 23.3. The van der Waals surface area contributed by atoms with Crippen molar-refractivity contribution in [2.45, 2.75) is 0 Å². The lowest BCUT2D eigenvalue weighted by atomic mass is 10.2. The molecule has 0 fully saturated rings. The van der Waals surface area contributed by atoms with Gasteiger partial charge >= 0.3 is 0 Å². The van der Waals surface area contributed by atoms with Gasteiger partial charge in [-0.3, -0.25) is 9.59 Å². The molecule has 7 heteroatoms. The van der Waals surface area contributed by atoms with Gasteiger partial charge in [-0.15, -0.1) is 0 Å². The predicted octanol–water partition coefficient (Wildman–Crippen LogP) is 0.851. The molecule has 1 heterocycles. The number of hydrogen-bond donors (Lipinski definition) is 4. The molecule has 0 saturated heterocycles. The molecule has 2 aromatic rings. The Balaban J connectivity index is 1.78. The van der Waals surface area contributed by atoms with Crippen LogP contribution >= 0.6 is 0 Å². The average molecular weight is 290 g/mol. The molecule has 0 aliphatic rings. The minimum absolute atomic E-state index is 0.130. The van der Waals surface area contributed by atoms with Crippen LogP contribution in [-0.4, -0.2) is 35.1 Å². The third-order valence-electron chi connectivity index (χ3n) is 2.61. The van der Waals surface area contributed by atoms with Crippen LogP contribution in [0, 0.1) is 0 Å². The Kier molecular flexibility index (Phi) is 4.45. The van der Waals surface area contributed by atoms with Gasteiger partial charge in [0.25, 0.3) is 11.8 Å². The second kappa shape index (κ2) is 6.47. The first-order chi connectivity index (χ1) is 10.1. The first kappa shape index (κ1) is 14.4. The first-order valence-electron chi connectivity index (χ1n) is 6.19. The van der Waals surface area contributed by atoms with Crippen molar-refractivity contribution in [3.05, 3.63) is 47.9 Å². The van der Waals surface area contributed by atoms with E-state index in [2.05, 4.69) is 10.6 Å². The Morgan fingerprint density at radius 1 is 1.00 bits per heavy atom. The van der Waals surface area contributed by atoms with Crippen molar-refractivity contribution >= 4 is 11.8 Å². The van der Waals surface area contributed by atoms with Gasteiger partial charge in [0.15, 0.2) is 5.76 Å². The molecule has 0 bridgehead atoms. The zero-order valence-corrected chi connectivity index (χ0v) is 11.0. The second-order valence-electron chi connectivity index (χ2n) is 4.23. The Morgan fingerprint density at radius 3 is 2.19 bits per heavy atom. The van der Waals surface area contributed by atoms with Crippen LogP contribution in [0.1, 0.15) is 20.9 Å². The van der Waals surface area contributed by atoms with Crippen LogP contribution in [0.5, 0.6) is 11.5 Å². The molecule has 110 valence electrons. The molecular formula is C14H14N2O5. The summed E-state index contributed by atoms with van der Waals surface area (Å²) >= 11 is 0. The summed E-state index contributed by atoms with van der Waals surface area (Å²) in [6.07, 6.45) is 1.39. The number of amides is 2. The van der Waals surface area contributed by atoms with E-state index < -0.39 is 5.91 Å². The number of nitrogens with one attached hydrogen (secondary N) is 2. The highest BCUT2D eigenvalue weighted by molar-refractivity contribution is 5.95. The molecule has 4 N–H and O–H groups in total. The first-order valence-corrected chi connectivity index (χ1v) is 6.19. The molecule has 0 aliphatic heterocycles. The lowest BCUT2D eigenvalue weighted by Gasteiger charge is -2.07. The maximum Gasteiger partial charge on any atom is 0.287 e. The van der Waals surface area contributed by atoms with Gasteiger partial charge in [0.05, 0.1) is 6.26 Å². The SMILES string of the molecule is O=C(NCCNC(=O)c1ccco1)c1cc(O)cc(O)c1. The van der Waals surface area contributed by atoms with Crippen molar-refractivity contribution in [3.63, 3.8) is 0 Å². The van der Waals surface area contributed by atoms with Gasteiger partial charge in [-0.2, -0.15) is 0 Å². The van der Waals surface area contributed by atoms with Crippen LogP contribution in [0.4, 0.5) is 0 Å². The average Bonchev–Trinajstić information content (AvgIpc) is 2.96. The van der Waals surface area contributed by atoms with E-state index in [0.29, 0.717) is 0 Å². The van der Waals surface area contributed by atoms with Gasteiger partial charge in [0.2, 0.25) is 0 Å². The van der Waals surface area contributed by atoms with E-state index in [4.69, 9.17) is 4.42 Å². The number of carbonyl (C=O) groups is 2. The van der Waals surface area contributed by atoms with E-state index >= 15 is 0 Å². The molecule has 0 aliphatic carbocycles. The summed E-state index contributed by atoms with van der Waals surface area (Å²) < 4.78 is 4.91. The van der Waals surface area contributed by atoms with Gasteiger partial charge in [0.1, 0.15) is 11.5 Å². The number of furan rings is 1. The highest BCUT2D eigenvalue weighted by Crippen LogP contribution is 2.20. The Morgan fingerprint density at radius 2 is 1.62 bits per heavy atom. The van der Waals surface area contributed by atoms with Gasteiger partial charge in [-0.25, -0.2) is 0 Å². The van der Waals surface area contributed by atoms with Crippen LogP contribution in [0.3, 0.4) is 0 Å². The van der Waals surface area contributed by atoms with Gasteiger partial charge in [-0.1, -0.05) is 0 Å². The zero-order valence-electron chi connectivity index (χ0n) is 11.0. The number of rotatable bonds is 5. The van der Waals surface area contributed by atoms with Crippen molar-refractivity contribution in [1.29, 1.82) is 0 Å². The molecule has 0 unspecified atom stereocenters. The maximum atomic E-state index is 11.8. The van der Waals surface area contributed by atoms with Crippen LogP contribution in [0.15, 0.2) is 41.0 Å². The van der Waals surface area contributed by atoms with Gasteiger partial charge in [-0.05, 0) is 24.3 Å². The van der Waals surface area contributed by atoms with Gasteiger partial charge < -0.3 is 25.3 Å². The molecule has 2 rings (SSSR count). The second-order valence-corrected chi connectivity index (χ2v) is 4.23. The summed E-state index contributed by atoms with van der Waals surface area (Å²) in [5.41, 5.74) is 0.130. The molecule has 0 atom stereocenters.